The molecular formula is C11H18N4O2. The Kier molecular flexibility index (Phi) is 4.68. The van der Waals surface area contributed by atoms with E-state index in [1.54, 1.807) is 25.5 Å². The largest absolute Gasteiger partial charge is 0.409 e. The number of nitrogens with zero attached hydrogens (tertiary/aromatic N) is 3. The molecule has 1 unspecified atom stereocenters. The number of hydrogen-bond acceptors (Lipinski definition) is 4. The zero-order chi connectivity index (χ0) is 12.8. The van der Waals surface area contributed by atoms with E-state index in [0.717, 1.165) is 0 Å². The normalized spacial score (nSPS) is 13.8. The number of carbonyl (C=O) groups is 1. The average Bonchev–Trinajstić information content (AvgIpc) is 2.81. The maximum Gasteiger partial charge on any atom is 0.230 e. The van der Waals surface area contributed by atoms with E-state index in [1.165, 1.54) is 4.68 Å². The lowest BCUT2D eigenvalue weighted by atomic mass is 9.95. The summed E-state index contributed by atoms with van der Waals surface area (Å²) in [4.78, 5) is 11.8. The Bertz CT molecular complexity index is 384. The van der Waals surface area contributed by atoms with Crippen LogP contribution in [-0.2, 0) is 4.79 Å². The first-order valence-corrected chi connectivity index (χ1v) is 5.53. The van der Waals surface area contributed by atoms with Crippen molar-refractivity contribution >= 4 is 11.7 Å². The molecule has 0 radical (unpaired) electrons. The topological polar surface area (TPSA) is 79.5 Å². The van der Waals surface area contributed by atoms with Crippen LogP contribution in [0.1, 0.15) is 20.3 Å². The SMILES string of the molecule is CNC(=O)C(CC(C)C)C(=NO)n1cccn1. The number of hydrogen-bond donors (Lipinski definition) is 2. The number of oxime groups is 1. The van der Waals surface area contributed by atoms with Gasteiger partial charge in [-0.1, -0.05) is 19.0 Å². The molecular weight excluding hydrogens is 220 g/mol. The fourth-order valence-electron chi connectivity index (χ4n) is 1.65. The van der Waals surface area contributed by atoms with Gasteiger partial charge in [0.15, 0.2) is 5.84 Å². The molecule has 1 amide bonds. The lowest BCUT2D eigenvalue weighted by Gasteiger charge is -2.18. The van der Waals surface area contributed by atoms with Gasteiger partial charge in [0.2, 0.25) is 5.91 Å². The summed E-state index contributed by atoms with van der Waals surface area (Å²) in [5.41, 5.74) is 0. The summed E-state index contributed by atoms with van der Waals surface area (Å²) in [7, 11) is 1.56. The molecule has 0 spiro atoms. The number of rotatable bonds is 4. The summed E-state index contributed by atoms with van der Waals surface area (Å²) >= 11 is 0. The van der Waals surface area contributed by atoms with Crippen LogP contribution in [-0.4, -0.2) is 33.8 Å². The van der Waals surface area contributed by atoms with Gasteiger partial charge < -0.3 is 10.5 Å². The van der Waals surface area contributed by atoms with Gasteiger partial charge in [-0.05, 0) is 18.4 Å². The van der Waals surface area contributed by atoms with Gasteiger partial charge >= 0.3 is 0 Å². The number of nitrogens with one attached hydrogen (secondary N) is 1. The van der Waals surface area contributed by atoms with Crippen molar-refractivity contribution in [3.8, 4) is 0 Å². The third kappa shape index (κ3) is 3.30. The Morgan fingerprint density at radius 1 is 1.59 bits per heavy atom. The highest BCUT2D eigenvalue weighted by molar-refractivity contribution is 6.03. The molecule has 0 aliphatic rings. The quantitative estimate of drug-likeness (QED) is 0.354. The van der Waals surface area contributed by atoms with Crippen molar-refractivity contribution in [2.75, 3.05) is 7.05 Å². The van der Waals surface area contributed by atoms with Gasteiger partial charge in [-0.2, -0.15) is 5.10 Å². The molecule has 1 aromatic heterocycles. The van der Waals surface area contributed by atoms with Gasteiger partial charge in [-0.3, -0.25) is 4.79 Å². The molecule has 0 saturated carbocycles. The Balaban J connectivity index is 2.99. The van der Waals surface area contributed by atoms with Crippen LogP contribution in [0.5, 0.6) is 0 Å². The summed E-state index contributed by atoms with van der Waals surface area (Å²) in [6.45, 7) is 4.02. The molecule has 0 aromatic carbocycles. The molecule has 0 fully saturated rings. The fraction of sp³-hybridized carbons (Fsp3) is 0.545. The zero-order valence-corrected chi connectivity index (χ0v) is 10.3. The van der Waals surface area contributed by atoms with E-state index in [1.807, 2.05) is 13.8 Å². The minimum Gasteiger partial charge on any atom is -0.409 e. The summed E-state index contributed by atoms with van der Waals surface area (Å²) in [6.07, 6.45) is 3.81. The first kappa shape index (κ1) is 13.2. The number of amides is 1. The third-order valence-electron chi connectivity index (χ3n) is 2.42. The smallest absolute Gasteiger partial charge is 0.230 e. The van der Waals surface area contributed by atoms with Crippen molar-refractivity contribution in [3.05, 3.63) is 18.5 Å². The van der Waals surface area contributed by atoms with Crippen LogP contribution in [0, 0.1) is 11.8 Å². The lowest BCUT2D eigenvalue weighted by Crippen LogP contribution is -2.37. The molecule has 17 heavy (non-hydrogen) atoms. The van der Waals surface area contributed by atoms with Crippen molar-refractivity contribution in [1.29, 1.82) is 0 Å². The van der Waals surface area contributed by atoms with Crippen LogP contribution in [0.2, 0.25) is 0 Å². The molecule has 6 heteroatoms. The van der Waals surface area contributed by atoms with Gasteiger partial charge in [-0.25, -0.2) is 4.68 Å². The van der Waals surface area contributed by atoms with Crippen molar-refractivity contribution in [1.82, 2.24) is 15.1 Å². The Morgan fingerprint density at radius 3 is 2.71 bits per heavy atom. The molecule has 0 bridgehead atoms. The maximum atomic E-state index is 11.8. The predicted octanol–water partition coefficient (Wildman–Crippen LogP) is 0.927. The van der Waals surface area contributed by atoms with E-state index in [9.17, 15) is 4.79 Å². The monoisotopic (exact) mass is 238 g/mol. The third-order valence-corrected chi connectivity index (χ3v) is 2.42. The van der Waals surface area contributed by atoms with E-state index >= 15 is 0 Å². The van der Waals surface area contributed by atoms with Gasteiger partial charge in [-0.15, -0.1) is 0 Å². The van der Waals surface area contributed by atoms with Gasteiger partial charge in [0.05, 0.1) is 0 Å². The van der Waals surface area contributed by atoms with Crippen molar-refractivity contribution < 1.29 is 10.0 Å². The molecule has 0 aliphatic carbocycles. The average molecular weight is 238 g/mol. The Hall–Kier alpha value is -1.85. The molecule has 2 N–H and O–H groups in total. The van der Waals surface area contributed by atoms with E-state index in [2.05, 4.69) is 15.6 Å². The summed E-state index contributed by atoms with van der Waals surface area (Å²) in [6, 6.07) is 1.71. The lowest BCUT2D eigenvalue weighted by molar-refractivity contribution is -0.123. The Labute approximate surface area is 100 Å². The van der Waals surface area contributed by atoms with Crippen LogP contribution in [0.15, 0.2) is 23.6 Å². The van der Waals surface area contributed by atoms with Gasteiger partial charge in [0.1, 0.15) is 5.92 Å². The second-order valence-electron chi connectivity index (χ2n) is 4.21. The molecule has 1 heterocycles. The molecule has 1 atom stereocenters. The van der Waals surface area contributed by atoms with Gasteiger partial charge in [0, 0.05) is 19.4 Å². The van der Waals surface area contributed by atoms with Gasteiger partial charge in [0.25, 0.3) is 0 Å². The first-order valence-electron chi connectivity index (χ1n) is 5.53. The van der Waals surface area contributed by atoms with Crippen molar-refractivity contribution in [2.24, 2.45) is 17.0 Å². The van der Waals surface area contributed by atoms with E-state index < -0.39 is 5.92 Å². The van der Waals surface area contributed by atoms with E-state index in [4.69, 9.17) is 5.21 Å². The molecule has 94 valence electrons. The standard InChI is InChI=1S/C11H18N4O2/c1-8(2)7-9(11(16)12-3)10(14-17)15-6-4-5-13-15/h4-6,8-9,17H,7H2,1-3H3,(H,12,16). The molecule has 6 nitrogen and oxygen atoms in total. The maximum absolute atomic E-state index is 11.8. The number of aromatic nitrogens is 2. The van der Waals surface area contributed by atoms with Crippen LogP contribution >= 0.6 is 0 Å². The highest BCUT2D eigenvalue weighted by Crippen LogP contribution is 2.15. The molecule has 0 aliphatic heterocycles. The van der Waals surface area contributed by atoms with Crippen LogP contribution < -0.4 is 5.32 Å². The van der Waals surface area contributed by atoms with Crippen LogP contribution in [0.3, 0.4) is 0 Å². The minimum absolute atomic E-state index is 0.179. The molecule has 1 rings (SSSR count). The molecule has 0 saturated heterocycles. The highest BCUT2D eigenvalue weighted by Gasteiger charge is 2.26. The Morgan fingerprint density at radius 2 is 2.29 bits per heavy atom. The second-order valence-corrected chi connectivity index (χ2v) is 4.21. The summed E-state index contributed by atoms with van der Waals surface area (Å²) < 4.78 is 1.41. The minimum atomic E-state index is -0.509. The summed E-state index contributed by atoms with van der Waals surface area (Å²) in [5.74, 6) is -0.139. The first-order chi connectivity index (χ1) is 8.10. The summed E-state index contributed by atoms with van der Waals surface area (Å²) in [5, 5.41) is 18.8. The van der Waals surface area contributed by atoms with Crippen molar-refractivity contribution in [3.63, 3.8) is 0 Å². The number of carbonyl (C=O) groups excluding carboxylic acids is 1. The van der Waals surface area contributed by atoms with Crippen LogP contribution in [0.25, 0.3) is 0 Å². The highest BCUT2D eigenvalue weighted by atomic mass is 16.4. The van der Waals surface area contributed by atoms with E-state index in [0.29, 0.717) is 12.3 Å². The zero-order valence-electron chi connectivity index (χ0n) is 10.3. The fourth-order valence-corrected chi connectivity index (χ4v) is 1.65. The second kappa shape index (κ2) is 6.03. The van der Waals surface area contributed by atoms with E-state index in [-0.39, 0.29) is 11.7 Å². The predicted molar refractivity (Wildman–Crippen MR) is 63.9 cm³/mol. The van der Waals surface area contributed by atoms with Crippen molar-refractivity contribution in [2.45, 2.75) is 20.3 Å². The molecule has 1 aromatic rings. The van der Waals surface area contributed by atoms with Crippen LogP contribution in [0.4, 0.5) is 0 Å².